The van der Waals surface area contributed by atoms with Gasteiger partial charge in [-0.1, -0.05) is 60.7 Å². The number of rotatable bonds is 9. The second-order valence-corrected chi connectivity index (χ2v) is 11.5. The summed E-state index contributed by atoms with van der Waals surface area (Å²) in [6.07, 6.45) is 0.374. The van der Waals surface area contributed by atoms with Gasteiger partial charge in [0.05, 0.1) is 12.0 Å². The van der Waals surface area contributed by atoms with E-state index in [1.54, 1.807) is 54.5 Å². The van der Waals surface area contributed by atoms with E-state index in [0.717, 1.165) is 21.9 Å². The SMILES string of the molecule is COc1ccc2ccc(S(=O)(=O)N(Cc3ccccc3)[C@H]3CCN(Cc4cccc(C(=N)N)c4)C3=O)cc2c1. The van der Waals surface area contributed by atoms with Crippen molar-refractivity contribution in [1.82, 2.24) is 9.21 Å². The van der Waals surface area contributed by atoms with Crippen LogP contribution in [-0.4, -0.2) is 49.1 Å². The molecule has 8 nitrogen and oxygen atoms in total. The van der Waals surface area contributed by atoms with Crippen molar-refractivity contribution in [1.29, 1.82) is 5.41 Å². The summed E-state index contributed by atoms with van der Waals surface area (Å²) in [5.74, 6) is 0.342. The molecule has 1 fully saturated rings. The maximum absolute atomic E-state index is 14.1. The number of nitrogens with zero attached hydrogens (tertiary/aromatic N) is 2. The molecule has 9 heteroatoms. The van der Waals surface area contributed by atoms with Gasteiger partial charge in [0.2, 0.25) is 15.9 Å². The van der Waals surface area contributed by atoms with Gasteiger partial charge in [-0.05, 0) is 58.7 Å². The van der Waals surface area contributed by atoms with Crippen LogP contribution in [0.4, 0.5) is 0 Å². The van der Waals surface area contributed by atoms with Gasteiger partial charge < -0.3 is 15.4 Å². The summed E-state index contributed by atoms with van der Waals surface area (Å²) in [4.78, 5) is 15.5. The maximum atomic E-state index is 14.1. The Bertz CT molecular complexity index is 1640. The Kier molecular flexibility index (Phi) is 7.36. The standard InChI is InChI=1S/C30H30N4O4S/c1-38-26-12-10-23-11-13-27(18-25(23)17-26)39(36,37)34(20-21-6-3-2-4-7-21)28-14-15-33(30(28)35)19-22-8-5-9-24(16-22)29(31)32/h2-13,16-18,28H,14-15,19-20H2,1H3,(H3,31,32)/t28-/m0/s1. The van der Waals surface area contributed by atoms with Crippen LogP contribution in [0.5, 0.6) is 5.75 Å². The fourth-order valence-electron chi connectivity index (χ4n) is 4.96. The van der Waals surface area contributed by atoms with Crippen molar-refractivity contribution in [3.05, 3.63) is 108 Å². The molecule has 3 N–H and O–H groups in total. The van der Waals surface area contributed by atoms with Gasteiger partial charge >= 0.3 is 0 Å². The third kappa shape index (κ3) is 5.50. The zero-order valence-electron chi connectivity index (χ0n) is 21.6. The zero-order valence-corrected chi connectivity index (χ0v) is 22.4. The van der Waals surface area contributed by atoms with Gasteiger partial charge in [-0.15, -0.1) is 0 Å². The maximum Gasteiger partial charge on any atom is 0.244 e. The van der Waals surface area contributed by atoms with Crippen molar-refractivity contribution in [2.45, 2.75) is 30.4 Å². The molecule has 1 atom stereocenters. The number of amidine groups is 1. The van der Waals surface area contributed by atoms with Crippen LogP contribution in [0.2, 0.25) is 0 Å². The number of nitrogens with one attached hydrogen (secondary N) is 1. The lowest BCUT2D eigenvalue weighted by Crippen LogP contribution is -2.44. The molecule has 39 heavy (non-hydrogen) atoms. The van der Waals surface area contributed by atoms with Crippen LogP contribution < -0.4 is 10.5 Å². The van der Waals surface area contributed by atoms with Crippen molar-refractivity contribution in [3.63, 3.8) is 0 Å². The zero-order chi connectivity index (χ0) is 27.6. The van der Waals surface area contributed by atoms with E-state index in [1.165, 1.54) is 4.31 Å². The van der Waals surface area contributed by atoms with Crippen LogP contribution in [0.15, 0.2) is 95.9 Å². The van der Waals surface area contributed by atoms with E-state index in [-0.39, 0.29) is 23.2 Å². The molecule has 0 saturated carbocycles. The molecule has 0 bridgehead atoms. The van der Waals surface area contributed by atoms with E-state index >= 15 is 0 Å². The first-order chi connectivity index (χ1) is 18.8. The van der Waals surface area contributed by atoms with E-state index in [0.29, 0.717) is 30.8 Å². The van der Waals surface area contributed by atoms with Crippen molar-refractivity contribution in [2.75, 3.05) is 13.7 Å². The molecule has 1 aliphatic rings. The number of hydrogen-bond donors (Lipinski definition) is 2. The Morgan fingerprint density at radius 1 is 0.974 bits per heavy atom. The molecule has 5 rings (SSSR count). The Labute approximate surface area is 228 Å². The summed E-state index contributed by atoms with van der Waals surface area (Å²) in [5, 5.41) is 9.32. The predicted octanol–water partition coefficient (Wildman–Crippen LogP) is 4.12. The first-order valence-corrected chi connectivity index (χ1v) is 14.1. The first kappa shape index (κ1) is 26.4. The van der Waals surface area contributed by atoms with Crippen LogP contribution in [0.3, 0.4) is 0 Å². The van der Waals surface area contributed by atoms with Crippen molar-refractivity contribution < 1.29 is 17.9 Å². The fraction of sp³-hybridized carbons (Fsp3) is 0.200. The molecule has 0 radical (unpaired) electrons. The number of nitrogens with two attached hydrogens (primary N) is 1. The van der Waals surface area contributed by atoms with Crippen molar-refractivity contribution in [3.8, 4) is 5.75 Å². The van der Waals surface area contributed by atoms with Crippen molar-refractivity contribution >= 4 is 32.5 Å². The number of fused-ring (bicyclic) bond motifs is 1. The third-order valence-corrected chi connectivity index (χ3v) is 8.89. The Balaban J connectivity index is 1.48. The summed E-state index contributed by atoms with van der Waals surface area (Å²) in [6.45, 7) is 0.804. The van der Waals surface area contributed by atoms with Crippen LogP contribution in [0.25, 0.3) is 10.8 Å². The fourth-order valence-corrected chi connectivity index (χ4v) is 6.59. The molecule has 4 aromatic rings. The van der Waals surface area contributed by atoms with Gasteiger partial charge in [-0.3, -0.25) is 10.2 Å². The van der Waals surface area contributed by atoms with Gasteiger partial charge in [0.25, 0.3) is 0 Å². The molecule has 200 valence electrons. The molecular formula is C30H30N4O4S. The summed E-state index contributed by atoms with van der Waals surface area (Å²) >= 11 is 0. The predicted molar refractivity (Wildman–Crippen MR) is 151 cm³/mol. The number of benzene rings is 4. The van der Waals surface area contributed by atoms with E-state index in [4.69, 9.17) is 15.9 Å². The summed E-state index contributed by atoms with van der Waals surface area (Å²) < 4.78 is 34.9. The highest BCUT2D eigenvalue weighted by Gasteiger charge is 2.42. The monoisotopic (exact) mass is 542 g/mol. The van der Waals surface area contributed by atoms with Crippen LogP contribution in [0.1, 0.15) is 23.1 Å². The van der Waals surface area contributed by atoms with Gasteiger partial charge in [0.1, 0.15) is 17.6 Å². The number of amides is 1. The number of carbonyl (C=O) groups is 1. The van der Waals surface area contributed by atoms with Crippen LogP contribution in [-0.2, 0) is 27.9 Å². The minimum atomic E-state index is -4.04. The number of carbonyl (C=O) groups excluding carboxylic acids is 1. The minimum absolute atomic E-state index is 0.0457. The molecule has 1 saturated heterocycles. The molecule has 0 unspecified atom stereocenters. The number of hydrogen-bond acceptors (Lipinski definition) is 5. The average molecular weight is 543 g/mol. The molecule has 1 amide bonds. The van der Waals surface area contributed by atoms with Crippen molar-refractivity contribution in [2.24, 2.45) is 5.73 Å². The molecule has 1 heterocycles. The third-order valence-electron chi connectivity index (χ3n) is 7.03. The Hall–Kier alpha value is -4.21. The number of ether oxygens (including phenoxy) is 1. The van der Waals surface area contributed by atoms with E-state index in [2.05, 4.69) is 0 Å². The van der Waals surface area contributed by atoms with E-state index < -0.39 is 16.1 Å². The van der Waals surface area contributed by atoms with Gasteiger partial charge in [-0.25, -0.2) is 8.42 Å². The smallest absolute Gasteiger partial charge is 0.244 e. The quantitative estimate of drug-likeness (QED) is 0.244. The highest BCUT2D eigenvalue weighted by Crippen LogP contribution is 2.30. The van der Waals surface area contributed by atoms with Crippen LogP contribution in [0, 0.1) is 5.41 Å². The Morgan fingerprint density at radius 2 is 1.72 bits per heavy atom. The number of methoxy groups -OCH3 is 1. The van der Waals surface area contributed by atoms with E-state index in [9.17, 15) is 13.2 Å². The Morgan fingerprint density at radius 3 is 2.46 bits per heavy atom. The van der Waals surface area contributed by atoms with Gasteiger partial charge in [-0.2, -0.15) is 4.31 Å². The minimum Gasteiger partial charge on any atom is -0.497 e. The first-order valence-electron chi connectivity index (χ1n) is 12.6. The van der Waals surface area contributed by atoms with Crippen LogP contribution >= 0.6 is 0 Å². The van der Waals surface area contributed by atoms with E-state index in [1.807, 2.05) is 48.5 Å². The summed E-state index contributed by atoms with van der Waals surface area (Å²) in [5.41, 5.74) is 7.84. The second kappa shape index (κ2) is 10.9. The second-order valence-electron chi connectivity index (χ2n) is 9.59. The normalized spacial score (nSPS) is 15.7. The number of likely N-dealkylation sites (tertiary alicyclic amines) is 1. The van der Waals surface area contributed by atoms with Gasteiger partial charge in [0, 0.05) is 25.2 Å². The summed E-state index contributed by atoms with van der Waals surface area (Å²) in [7, 11) is -2.47. The lowest BCUT2D eigenvalue weighted by Gasteiger charge is -2.28. The number of sulfonamides is 1. The molecular weight excluding hydrogens is 512 g/mol. The number of nitrogen functional groups attached to an aromatic ring is 1. The van der Waals surface area contributed by atoms with Gasteiger partial charge in [0.15, 0.2) is 0 Å². The molecule has 0 aromatic heterocycles. The highest BCUT2D eigenvalue weighted by atomic mass is 32.2. The molecule has 1 aliphatic heterocycles. The summed E-state index contributed by atoms with van der Waals surface area (Å²) in [6, 6.07) is 26.2. The largest absolute Gasteiger partial charge is 0.497 e. The molecule has 0 aliphatic carbocycles. The molecule has 0 spiro atoms. The molecule has 4 aromatic carbocycles. The average Bonchev–Trinajstić information content (AvgIpc) is 3.30. The topological polar surface area (TPSA) is 117 Å². The lowest BCUT2D eigenvalue weighted by atomic mass is 10.1. The highest BCUT2D eigenvalue weighted by molar-refractivity contribution is 7.89. The lowest BCUT2D eigenvalue weighted by molar-refractivity contribution is -0.131.